The monoisotopic (exact) mass is 386 g/mol. The van der Waals surface area contributed by atoms with Crippen molar-refractivity contribution < 1.29 is 18.7 Å². The molecule has 6 nitrogen and oxygen atoms in total. The van der Waals surface area contributed by atoms with Crippen LogP contribution in [0, 0.1) is 0 Å². The third-order valence-corrected chi connectivity index (χ3v) is 4.01. The summed E-state index contributed by atoms with van der Waals surface area (Å²) in [5, 5.41) is 3.22. The lowest BCUT2D eigenvalue weighted by atomic mass is 10.2. The van der Waals surface area contributed by atoms with E-state index in [9.17, 15) is 4.79 Å². The summed E-state index contributed by atoms with van der Waals surface area (Å²) >= 11 is 6.23. The first-order valence-electron chi connectivity index (χ1n) is 8.41. The molecule has 1 amide bonds. The zero-order valence-electron chi connectivity index (χ0n) is 15.0. The Morgan fingerprint density at radius 2 is 2.15 bits per heavy atom. The quantitative estimate of drug-likeness (QED) is 0.615. The number of hydrogen-bond acceptors (Lipinski definition) is 5. The molecule has 7 heteroatoms. The van der Waals surface area contributed by atoms with Crippen LogP contribution in [-0.2, 0) is 11.3 Å². The Bertz CT molecular complexity index is 948. The van der Waals surface area contributed by atoms with Crippen molar-refractivity contribution in [2.75, 3.05) is 13.7 Å². The number of rotatable bonds is 7. The predicted molar refractivity (Wildman–Crippen MR) is 104 cm³/mol. The molecule has 27 heavy (non-hydrogen) atoms. The Hall–Kier alpha value is -2.99. The van der Waals surface area contributed by atoms with Gasteiger partial charge in [0, 0.05) is 18.7 Å². The van der Waals surface area contributed by atoms with Gasteiger partial charge in [-0.15, -0.1) is 0 Å². The SMILES string of the molecule is CCOc1c(Cl)cc(CNC(=O)/C=C/c2nc3ccccc3o2)cc1OC. The van der Waals surface area contributed by atoms with E-state index < -0.39 is 0 Å². The molecule has 0 spiro atoms. The highest BCUT2D eigenvalue weighted by Gasteiger charge is 2.12. The number of amides is 1. The van der Waals surface area contributed by atoms with Gasteiger partial charge >= 0.3 is 0 Å². The maximum absolute atomic E-state index is 12.1. The average molecular weight is 387 g/mol. The topological polar surface area (TPSA) is 73.6 Å². The zero-order chi connectivity index (χ0) is 19.2. The minimum Gasteiger partial charge on any atom is -0.493 e. The summed E-state index contributed by atoms with van der Waals surface area (Å²) < 4.78 is 16.3. The number of methoxy groups -OCH3 is 1. The van der Waals surface area contributed by atoms with Crippen LogP contribution in [0.1, 0.15) is 18.4 Å². The third kappa shape index (κ3) is 4.60. The second kappa shape index (κ2) is 8.60. The number of benzene rings is 2. The summed E-state index contributed by atoms with van der Waals surface area (Å²) in [5.41, 5.74) is 2.21. The van der Waals surface area contributed by atoms with Gasteiger partial charge in [-0.2, -0.15) is 0 Å². The van der Waals surface area contributed by atoms with Crippen LogP contribution in [0.3, 0.4) is 0 Å². The van der Waals surface area contributed by atoms with Crippen LogP contribution in [0.15, 0.2) is 46.9 Å². The molecule has 3 aromatic rings. The lowest BCUT2D eigenvalue weighted by Gasteiger charge is -2.13. The van der Waals surface area contributed by atoms with E-state index in [0.717, 1.165) is 11.1 Å². The summed E-state index contributed by atoms with van der Waals surface area (Å²) in [4.78, 5) is 16.3. The average Bonchev–Trinajstić information content (AvgIpc) is 3.09. The molecule has 0 aliphatic rings. The van der Waals surface area contributed by atoms with Crippen molar-refractivity contribution in [2.45, 2.75) is 13.5 Å². The number of carbonyl (C=O) groups excluding carboxylic acids is 1. The van der Waals surface area contributed by atoms with Crippen LogP contribution >= 0.6 is 11.6 Å². The van der Waals surface area contributed by atoms with Gasteiger partial charge < -0.3 is 19.2 Å². The summed E-state index contributed by atoms with van der Waals surface area (Å²) in [6.07, 6.45) is 2.90. The number of nitrogens with one attached hydrogen (secondary N) is 1. The highest BCUT2D eigenvalue weighted by atomic mass is 35.5. The molecule has 2 aromatic carbocycles. The fraction of sp³-hybridized carbons (Fsp3) is 0.200. The molecule has 3 rings (SSSR count). The van der Waals surface area contributed by atoms with Crippen molar-refractivity contribution in [1.82, 2.24) is 10.3 Å². The van der Waals surface area contributed by atoms with Crippen molar-refractivity contribution in [3.63, 3.8) is 0 Å². The first-order chi connectivity index (χ1) is 13.1. The van der Waals surface area contributed by atoms with Crippen LogP contribution in [0.2, 0.25) is 5.02 Å². The van der Waals surface area contributed by atoms with E-state index >= 15 is 0 Å². The first-order valence-corrected chi connectivity index (χ1v) is 8.79. The first kappa shape index (κ1) is 18.8. The molecule has 0 aliphatic heterocycles. The molecular formula is C20H19ClN2O4. The molecule has 0 saturated heterocycles. The molecule has 0 unspecified atom stereocenters. The summed E-state index contributed by atoms with van der Waals surface area (Å²) in [5.74, 6) is 1.11. The molecule has 1 heterocycles. The lowest BCUT2D eigenvalue weighted by molar-refractivity contribution is -0.116. The molecule has 0 aliphatic carbocycles. The Morgan fingerprint density at radius 3 is 2.89 bits per heavy atom. The van der Waals surface area contributed by atoms with Crippen LogP contribution in [0.4, 0.5) is 0 Å². The molecule has 0 radical (unpaired) electrons. The van der Waals surface area contributed by atoms with Crippen LogP contribution in [0.25, 0.3) is 17.2 Å². The summed E-state index contributed by atoms with van der Waals surface area (Å²) in [7, 11) is 1.54. The van der Waals surface area contributed by atoms with Gasteiger partial charge in [0.05, 0.1) is 18.7 Å². The number of aromatic nitrogens is 1. The van der Waals surface area contributed by atoms with E-state index in [2.05, 4.69) is 10.3 Å². The Morgan fingerprint density at radius 1 is 1.33 bits per heavy atom. The summed E-state index contributed by atoms with van der Waals surface area (Å²) in [6.45, 7) is 2.64. The Balaban J connectivity index is 1.64. The second-order valence-corrected chi connectivity index (χ2v) is 6.02. The second-order valence-electron chi connectivity index (χ2n) is 5.61. The largest absolute Gasteiger partial charge is 0.493 e. The molecule has 140 valence electrons. The van der Waals surface area contributed by atoms with Gasteiger partial charge in [0.2, 0.25) is 11.8 Å². The predicted octanol–water partition coefficient (Wildman–Crippen LogP) is 4.22. The van der Waals surface area contributed by atoms with Gasteiger partial charge in [-0.1, -0.05) is 23.7 Å². The van der Waals surface area contributed by atoms with E-state index in [0.29, 0.717) is 41.1 Å². The van der Waals surface area contributed by atoms with E-state index in [4.69, 9.17) is 25.5 Å². The fourth-order valence-corrected chi connectivity index (χ4v) is 2.80. The number of halogens is 1. The number of oxazole rings is 1. The molecule has 0 saturated carbocycles. The molecule has 0 atom stereocenters. The number of para-hydroxylation sites is 2. The van der Waals surface area contributed by atoms with E-state index in [-0.39, 0.29) is 5.91 Å². The van der Waals surface area contributed by atoms with Gasteiger partial charge in [-0.25, -0.2) is 4.98 Å². The Kier molecular flexibility index (Phi) is 5.98. The fourth-order valence-electron chi connectivity index (χ4n) is 2.52. The van der Waals surface area contributed by atoms with Gasteiger partial charge in [0.25, 0.3) is 0 Å². The van der Waals surface area contributed by atoms with Crippen molar-refractivity contribution >= 4 is 34.7 Å². The molecule has 1 N–H and O–H groups in total. The maximum Gasteiger partial charge on any atom is 0.244 e. The van der Waals surface area contributed by atoms with Gasteiger partial charge in [0.15, 0.2) is 17.1 Å². The van der Waals surface area contributed by atoms with Gasteiger partial charge in [-0.05, 0) is 36.8 Å². The standard InChI is InChI=1S/C20H19ClN2O4/c1-3-26-20-14(21)10-13(11-17(20)25-2)12-22-18(24)8-9-19-23-15-6-4-5-7-16(15)27-19/h4-11H,3,12H2,1-2H3,(H,22,24)/b9-8+. The van der Waals surface area contributed by atoms with E-state index in [1.807, 2.05) is 31.2 Å². The van der Waals surface area contributed by atoms with Crippen molar-refractivity contribution in [3.05, 3.63) is 59.0 Å². The number of hydrogen-bond donors (Lipinski definition) is 1. The van der Waals surface area contributed by atoms with E-state index in [1.165, 1.54) is 12.2 Å². The summed E-state index contributed by atoms with van der Waals surface area (Å²) in [6, 6.07) is 10.9. The van der Waals surface area contributed by atoms with Gasteiger partial charge in [0.1, 0.15) is 5.52 Å². The number of fused-ring (bicyclic) bond motifs is 1. The van der Waals surface area contributed by atoms with Crippen LogP contribution in [0.5, 0.6) is 11.5 Å². The minimum absolute atomic E-state index is 0.277. The van der Waals surface area contributed by atoms with Crippen LogP contribution in [-0.4, -0.2) is 24.6 Å². The third-order valence-electron chi connectivity index (χ3n) is 3.73. The molecule has 1 aromatic heterocycles. The van der Waals surface area contributed by atoms with Crippen molar-refractivity contribution in [3.8, 4) is 11.5 Å². The van der Waals surface area contributed by atoms with Crippen molar-refractivity contribution in [2.24, 2.45) is 0 Å². The van der Waals surface area contributed by atoms with Crippen molar-refractivity contribution in [1.29, 1.82) is 0 Å². The number of carbonyl (C=O) groups is 1. The lowest BCUT2D eigenvalue weighted by Crippen LogP contribution is -2.20. The smallest absolute Gasteiger partial charge is 0.244 e. The zero-order valence-corrected chi connectivity index (χ0v) is 15.7. The van der Waals surface area contributed by atoms with Crippen LogP contribution < -0.4 is 14.8 Å². The molecule has 0 fully saturated rings. The normalized spacial score (nSPS) is 11.1. The highest BCUT2D eigenvalue weighted by Crippen LogP contribution is 2.36. The number of nitrogens with zero attached hydrogens (tertiary/aromatic N) is 1. The maximum atomic E-state index is 12.1. The van der Waals surface area contributed by atoms with Gasteiger partial charge in [-0.3, -0.25) is 4.79 Å². The molecular weight excluding hydrogens is 368 g/mol. The van der Waals surface area contributed by atoms with E-state index in [1.54, 1.807) is 19.2 Å². The minimum atomic E-state index is -0.277. The number of ether oxygens (including phenoxy) is 2. The molecule has 0 bridgehead atoms. The highest BCUT2D eigenvalue weighted by molar-refractivity contribution is 6.32. The Labute approximate surface area is 161 Å².